The van der Waals surface area contributed by atoms with Crippen molar-refractivity contribution in [1.82, 2.24) is 20.5 Å². The highest BCUT2D eigenvalue weighted by atomic mass is 127. The lowest BCUT2D eigenvalue weighted by atomic mass is 9.94. The van der Waals surface area contributed by atoms with Crippen LogP contribution in [-0.2, 0) is 6.42 Å². The summed E-state index contributed by atoms with van der Waals surface area (Å²) in [4.78, 5) is 11.3. The Kier molecular flexibility index (Phi) is 11.6. The first-order valence-electron chi connectivity index (χ1n) is 9.25. The largest absolute Gasteiger partial charge is 0.356 e. The molecule has 0 amide bonds. The van der Waals surface area contributed by atoms with Crippen molar-refractivity contribution in [3.8, 4) is 0 Å². The van der Waals surface area contributed by atoms with Gasteiger partial charge in [0.2, 0.25) is 0 Å². The molecule has 1 saturated carbocycles. The number of guanidine groups is 1. The van der Waals surface area contributed by atoms with Crippen molar-refractivity contribution in [3.63, 3.8) is 0 Å². The fraction of sp³-hybridized carbons (Fsp3) is 0.778. The minimum Gasteiger partial charge on any atom is -0.356 e. The van der Waals surface area contributed by atoms with Crippen molar-refractivity contribution in [2.24, 2.45) is 4.99 Å². The van der Waals surface area contributed by atoms with Gasteiger partial charge in [0.1, 0.15) is 0 Å². The molecule has 0 saturated heterocycles. The molecule has 0 spiro atoms. The topological polar surface area (TPSA) is 52.6 Å². The van der Waals surface area contributed by atoms with Crippen LogP contribution >= 0.6 is 35.3 Å². The summed E-state index contributed by atoms with van der Waals surface area (Å²) in [6.07, 6.45) is 9.08. The molecule has 1 aromatic rings. The lowest BCUT2D eigenvalue weighted by Crippen LogP contribution is -2.40. The summed E-state index contributed by atoms with van der Waals surface area (Å²) in [5.74, 6) is 0.891. The molecule has 0 bridgehead atoms. The van der Waals surface area contributed by atoms with Crippen molar-refractivity contribution in [2.45, 2.75) is 57.9 Å². The Morgan fingerprint density at radius 2 is 2.00 bits per heavy atom. The molecule has 0 aliphatic heterocycles. The third kappa shape index (κ3) is 8.68. The standard InChI is InChI=1S/C18H33N5S.HI/c1-15-22-16(14-24-15)10-12-21-18(19-2)20-11-7-13-23(3)17-8-5-4-6-9-17;/h14,17H,4-13H2,1-3H3,(H2,19,20,21);1H. The zero-order chi connectivity index (χ0) is 17.2. The highest BCUT2D eigenvalue weighted by Gasteiger charge is 2.17. The van der Waals surface area contributed by atoms with E-state index in [4.69, 9.17) is 0 Å². The molecular formula is C18H34IN5S. The summed E-state index contributed by atoms with van der Waals surface area (Å²) in [5, 5.41) is 10.0. The van der Waals surface area contributed by atoms with Crippen molar-refractivity contribution in [2.75, 3.05) is 33.7 Å². The molecule has 7 heteroatoms. The van der Waals surface area contributed by atoms with E-state index in [1.807, 2.05) is 14.0 Å². The number of aliphatic imine (C=N–C) groups is 1. The highest BCUT2D eigenvalue weighted by molar-refractivity contribution is 14.0. The number of hydrogen-bond acceptors (Lipinski definition) is 4. The van der Waals surface area contributed by atoms with E-state index in [2.05, 4.69) is 37.9 Å². The Labute approximate surface area is 174 Å². The summed E-state index contributed by atoms with van der Waals surface area (Å²) in [6, 6.07) is 0.803. The maximum absolute atomic E-state index is 4.49. The predicted octanol–water partition coefficient (Wildman–Crippen LogP) is 3.43. The highest BCUT2D eigenvalue weighted by Crippen LogP contribution is 2.21. The Morgan fingerprint density at radius 3 is 2.64 bits per heavy atom. The fourth-order valence-electron chi connectivity index (χ4n) is 3.29. The lowest BCUT2D eigenvalue weighted by Gasteiger charge is -2.31. The molecule has 2 N–H and O–H groups in total. The first-order chi connectivity index (χ1) is 11.7. The second-order valence-corrected chi connectivity index (χ2v) is 7.72. The Bertz CT molecular complexity index is 499. The molecule has 144 valence electrons. The second kappa shape index (κ2) is 12.9. The van der Waals surface area contributed by atoms with Crippen LogP contribution in [0.15, 0.2) is 10.4 Å². The normalized spacial score (nSPS) is 15.9. The molecular weight excluding hydrogens is 445 g/mol. The molecule has 0 aromatic carbocycles. The first-order valence-corrected chi connectivity index (χ1v) is 10.1. The van der Waals surface area contributed by atoms with Crippen molar-refractivity contribution in [3.05, 3.63) is 16.1 Å². The Balaban J connectivity index is 0.00000312. The summed E-state index contributed by atoms with van der Waals surface area (Å²) < 4.78 is 0. The number of thiazole rings is 1. The quantitative estimate of drug-likeness (QED) is 0.260. The average molecular weight is 479 g/mol. The van der Waals surface area contributed by atoms with Crippen LogP contribution in [0.1, 0.15) is 49.2 Å². The number of aromatic nitrogens is 1. The molecule has 1 heterocycles. The van der Waals surface area contributed by atoms with Gasteiger partial charge < -0.3 is 15.5 Å². The van der Waals surface area contributed by atoms with E-state index in [1.54, 1.807) is 11.3 Å². The van der Waals surface area contributed by atoms with E-state index in [9.17, 15) is 0 Å². The zero-order valence-corrected chi connectivity index (χ0v) is 19.0. The Hall–Kier alpha value is -0.410. The molecule has 1 aromatic heterocycles. The lowest BCUT2D eigenvalue weighted by molar-refractivity contribution is 0.190. The smallest absolute Gasteiger partial charge is 0.190 e. The average Bonchev–Trinajstić information content (AvgIpc) is 3.02. The molecule has 5 nitrogen and oxygen atoms in total. The second-order valence-electron chi connectivity index (χ2n) is 6.66. The minimum atomic E-state index is 0. The predicted molar refractivity (Wildman–Crippen MR) is 119 cm³/mol. The number of nitrogens with zero attached hydrogens (tertiary/aromatic N) is 3. The van der Waals surface area contributed by atoms with Crippen LogP contribution in [0.4, 0.5) is 0 Å². The van der Waals surface area contributed by atoms with Crippen molar-refractivity contribution >= 4 is 41.3 Å². The number of halogens is 1. The van der Waals surface area contributed by atoms with Crippen molar-refractivity contribution < 1.29 is 0 Å². The molecule has 0 radical (unpaired) electrons. The molecule has 0 unspecified atom stereocenters. The van der Waals surface area contributed by atoms with Crippen LogP contribution in [-0.4, -0.2) is 55.6 Å². The van der Waals surface area contributed by atoms with Gasteiger partial charge in [-0.1, -0.05) is 19.3 Å². The van der Waals surface area contributed by atoms with E-state index >= 15 is 0 Å². The first kappa shape index (κ1) is 22.6. The van der Waals surface area contributed by atoms with E-state index < -0.39 is 0 Å². The number of rotatable bonds is 8. The van der Waals surface area contributed by atoms with Gasteiger partial charge >= 0.3 is 0 Å². The van der Waals surface area contributed by atoms with Gasteiger partial charge in [0.05, 0.1) is 10.7 Å². The van der Waals surface area contributed by atoms with Gasteiger partial charge in [0, 0.05) is 38.0 Å². The molecule has 1 aliphatic carbocycles. The van der Waals surface area contributed by atoms with Gasteiger partial charge in [-0.3, -0.25) is 4.99 Å². The van der Waals surface area contributed by atoms with Gasteiger partial charge in [0.25, 0.3) is 0 Å². The minimum absolute atomic E-state index is 0. The van der Waals surface area contributed by atoms with E-state index in [0.717, 1.165) is 55.2 Å². The van der Waals surface area contributed by atoms with Crippen LogP contribution < -0.4 is 10.6 Å². The molecule has 0 atom stereocenters. The summed E-state index contributed by atoms with van der Waals surface area (Å²) in [6.45, 7) is 5.04. The van der Waals surface area contributed by atoms with E-state index in [1.165, 1.54) is 32.1 Å². The van der Waals surface area contributed by atoms with Crippen LogP contribution in [0.5, 0.6) is 0 Å². The maximum atomic E-state index is 4.49. The monoisotopic (exact) mass is 479 g/mol. The fourth-order valence-corrected chi connectivity index (χ4v) is 3.94. The molecule has 1 aliphatic rings. The summed E-state index contributed by atoms with van der Waals surface area (Å²) >= 11 is 1.71. The van der Waals surface area contributed by atoms with Gasteiger partial charge in [0.15, 0.2) is 5.96 Å². The number of nitrogens with one attached hydrogen (secondary N) is 2. The summed E-state index contributed by atoms with van der Waals surface area (Å²) in [5.41, 5.74) is 1.16. The van der Waals surface area contributed by atoms with Crippen LogP contribution in [0, 0.1) is 6.92 Å². The number of hydrogen-bond donors (Lipinski definition) is 2. The van der Waals surface area contributed by atoms with Gasteiger partial charge in [-0.25, -0.2) is 4.98 Å². The van der Waals surface area contributed by atoms with Crippen LogP contribution in [0.25, 0.3) is 0 Å². The van der Waals surface area contributed by atoms with Crippen LogP contribution in [0.3, 0.4) is 0 Å². The van der Waals surface area contributed by atoms with Crippen molar-refractivity contribution in [1.29, 1.82) is 0 Å². The molecule has 2 rings (SSSR count). The third-order valence-corrected chi connectivity index (χ3v) is 5.56. The zero-order valence-electron chi connectivity index (χ0n) is 15.9. The maximum Gasteiger partial charge on any atom is 0.190 e. The third-order valence-electron chi connectivity index (χ3n) is 4.74. The van der Waals surface area contributed by atoms with Gasteiger partial charge in [-0.05, 0) is 39.8 Å². The van der Waals surface area contributed by atoms with Gasteiger partial charge in [-0.15, -0.1) is 35.3 Å². The number of aryl methyl sites for hydroxylation is 1. The molecule has 1 fully saturated rings. The van der Waals surface area contributed by atoms with Gasteiger partial charge in [-0.2, -0.15) is 0 Å². The molecule has 25 heavy (non-hydrogen) atoms. The Morgan fingerprint density at radius 1 is 1.28 bits per heavy atom. The van der Waals surface area contributed by atoms with Crippen LogP contribution in [0.2, 0.25) is 0 Å². The summed E-state index contributed by atoms with van der Waals surface area (Å²) in [7, 11) is 4.11. The van der Waals surface area contributed by atoms with E-state index in [-0.39, 0.29) is 24.0 Å². The SMILES string of the molecule is CN=C(NCCCN(C)C1CCCCC1)NCCc1csc(C)n1.I. The van der Waals surface area contributed by atoms with E-state index in [0.29, 0.717) is 0 Å².